The first-order valence-corrected chi connectivity index (χ1v) is 8.07. The molecule has 1 N–H and O–H groups in total. The van der Waals surface area contributed by atoms with Crippen LogP contribution in [0.3, 0.4) is 0 Å². The molecular formula is C16H13F2N3O3S. The van der Waals surface area contributed by atoms with E-state index in [1.165, 1.54) is 48.7 Å². The van der Waals surface area contributed by atoms with Crippen LogP contribution < -0.4 is 10.1 Å². The van der Waals surface area contributed by atoms with E-state index in [4.69, 9.17) is 0 Å². The van der Waals surface area contributed by atoms with Crippen LogP contribution in [0.15, 0.2) is 46.9 Å². The number of carbonyl (C=O) groups excluding carboxylic acids is 2. The summed E-state index contributed by atoms with van der Waals surface area (Å²) in [7, 11) is 0. The first-order chi connectivity index (χ1) is 11.9. The number of carbonyl (C=O) groups is 2. The number of hydrogen-bond donors (Lipinski definition) is 1. The van der Waals surface area contributed by atoms with Crippen LogP contribution in [-0.4, -0.2) is 29.8 Å². The highest BCUT2D eigenvalue weighted by atomic mass is 32.1. The molecule has 3 amide bonds. The van der Waals surface area contributed by atoms with Gasteiger partial charge in [0.15, 0.2) is 0 Å². The Morgan fingerprint density at radius 2 is 2.00 bits per heavy atom. The summed E-state index contributed by atoms with van der Waals surface area (Å²) in [6, 6.07) is 8.48. The fraction of sp³-hybridized carbons (Fsp3) is 0.188. The molecule has 1 unspecified atom stereocenters. The van der Waals surface area contributed by atoms with Gasteiger partial charge in [-0.3, -0.25) is 4.79 Å². The van der Waals surface area contributed by atoms with Gasteiger partial charge in [-0.25, -0.2) is 4.79 Å². The minimum Gasteiger partial charge on any atom is -0.435 e. The lowest BCUT2D eigenvalue weighted by Gasteiger charge is -2.21. The average Bonchev–Trinajstić information content (AvgIpc) is 3.14. The van der Waals surface area contributed by atoms with E-state index in [2.05, 4.69) is 15.2 Å². The van der Waals surface area contributed by atoms with Crippen molar-refractivity contribution < 1.29 is 23.1 Å². The second-order valence-corrected chi connectivity index (χ2v) is 6.31. The van der Waals surface area contributed by atoms with E-state index in [1.807, 2.05) is 11.4 Å². The molecular weight excluding hydrogens is 352 g/mol. The third-order valence-electron chi connectivity index (χ3n) is 3.67. The molecule has 0 radical (unpaired) electrons. The Labute approximate surface area is 145 Å². The number of urea groups is 1. The smallest absolute Gasteiger partial charge is 0.387 e. The summed E-state index contributed by atoms with van der Waals surface area (Å²) in [5.74, 6) is -0.598. The molecule has 0 spiro atoms. The van der Waals surface area contributed by atoms with Gasteiger partial charge in [-0.2, -0.15) is 13.9 Å². The highest BCUT2D eigenvalue weighted by molar-refractivity contribution is 7.11. The number of hydrogen-bond acceptors (Lipinski definition) is 5. The maximum Gasteiger partial charge on any atom is 0.387 e. The molecule has 3 rings (SSSR count). The lowest BCUT2D eigenvalue weighted by molar-refractivity contribution is -0.131. The van der Waals surface area contributed by atoms with E-state index < -0.39 is 24.1 Å². The quantitative estimate of drug-likeness (QED) is 0.654. The van der Waals surface area contributed by atoms with Crippen molar-refractivity contribution in [2.24, 2.45) is 5.10 Å². The van der Waals surface area contributed by atoms with Crippen molar-refractivity contribution in [3.8, 4) is 5.75 Å². The predicted octanol–water partition coefficient (Wildman–Crippen LogP) is 3.15. The molecule has 0 saturated carbocycles. The minimum atomic E-state index is -2.93. The summed E-state index contributed by atoms with van der Waals surface area (Å²) < 4.78 is 28.7. The first kappa shape index (κ1) is 17.0. The van der Waals surface area contributed by atoms with Crippen LogP contribution in [0.25, 0.3) is 0 Å². The molecule has 1 aliphatic rings. The Morgan fingerprint density at radius 3 is 2.60 bits per heavy atom. The van der Waals surface area contributed by atoms with Crippen LogP contribution in [0.5, 0.6) is 5.75 Å². The first-order valence-electron chi connectivity index (χ1n) is 7.20. The van der Waals surface area contributed by atoms with Crippen molar-refractivity contribution in [3.05, 3.63) is 52.2 Å². The molecule has 2 heterocycles. The zero-order valence-corrected chi connectivity index (χ0v) is 13.8. The average molecular weight is 365 g/mol. The molecule has 130 valence electrons. The van der Waals surface area contributed by atoms with Gasteiger partial charge in [-0.05, 0) is 36.1 Å². The van der Waals surface area contributed by atoms with Crippen LogP contribution in [0, 0.1) is 0 Å². The van der Waals surface area contributed by atoms with E-state index in [0.717, 1.165) is 9.89 Å². The predicted molar refractivity (Wildman–Crippen MR) is 87.7 cm³/mol. The van der Waals surface area contributed by atoms with E-state index in [0.29, 0.717) is 5.56 Å². The van der Waals surface area contributed by atoms with E-state index in [9.17, 15) is 18.4 Å². The van der Waals surface area contributed by atoms with Crippen LogP contribution in [0.4, 0.5) is 13.6 Å². The van der Waals surface area contributed by atoms with Gasteiger partial charge in [0.2, 0.25) is 0 Å². The second-order valence-electron chi connectivity index (χ2n) is 5.33. The molecule has 1 aliphatic heterocycles. The maximum absolute atomic E-state index is 12.6. The van der Waals surface area contributed by atoms with Crippen LogP contribution >= 0.6 is 11.3 Å². The van der Waals surface area contributed by atoms with E-state index in [-0.39, 0.29) is 5.75 Å². The number of benzene rings is 1. The number of halogens is 2. The molecule has 1 saturated heterocycles. The zero-order valence-electron chi connectivity index (χ0n) is 13.0. The third-order valence-corrected chi connectivity index (χ3v) is 4.48. The number of imide groups is 1. The Morgan fingerprint density at radius 1 is 1.28 bits per heavy atom. The zero-order chi connectivity index (χ0) is 18.0. The van der Waals surface area contributed by atoms with Crippen molar-refractivity contribution in [2.45, 2.75) is 19.1 Å². The number of ether oxygens (including phenoxy) is 1. The van der Waals surface area contributed by atoms with Gasteiger partial charge in [0, 0.05) is 4.88 Å². The summed E-state index contributed by atoms with van der Waals surface area (Å²) >= 11 is 1.42. The summed E-state index contributed by atoms with van der Waals surface area (Å²) in [5, 5.41) is 9.11. The van der Waals surface area contributed by atoms with Gasteiger partial charge in [0.1, 0.15) is 11.3 Å². The maximum atomic E-state index is 12.6. The normalized spacial score (nSPS) is 20.6. The molecule has 1 atom stereocenters. The van der Waals surface area contributed by atoms with Crippen molar-refractivity contribution in [2.75, 3.05) is 0 Å². The number of nitrogens with one attached hydrogen (secondary N) is 1. The van der Waals surface area contributed by atoms with Gasteiger partial charge >= 0.3 is 12.6 Å². The van der Waals surface area contributed by atoms with E-state index >= 15 is 0 Å². The van der Waals surface area contributed by atoms with E-state index in [1.54, 1.807) is 6.07 Å². The molecule has 6 nitrogen and oxygen atoms in total. The molecule has 9 heteroatoms. The van der Waals surface area contributed by atoms with Gasteiger partial charge in [0.05, 0.1) is 6.21 Å². The van der Waals surface area contributed by atoms with Crippen molar-refractivity contribution in [3.63, 3.8) is 0 Å². The molecule has 0 bridgehead atoms. The molecule has 1 aromatic carbocycles. The Hall–Kier alpha value is -2.81. The number of hydrazone groups is 1. The van der Waals surface area contributed by atoms with Gasteiger partial charge in [-0.1, -0.05) is 18.2 Å². The molecule has 0 aliphatic carbocycles. The van der Waals surface area contributed by atoms with Gasteiger partial charge < -0.3 is 10.1 Å². The molecule has 2 aromatic rings. The number of nitrogens with zero attached hydrogens (tertiary/aromatic N) is 2. The highest BCUT2D eigenvalue weighted by Gasteiger charge is 2.49. The van der Waals surface area contributed by atoms with Crippen molar-refractivity contribution >= 4 is 29.5 Å². The van der Waals surface area contributed by atoms with Crippen molar-refractivity contribution in [1.82, 2.24) is 10.3 Å². The summed E-state index contributed by atoms with van der Waals surface area (Å²) in [6.45, 7) is -1.41. The Kier molecular flexibility index (Phi) is 4.49. The number of alkyl halides is 2. The lowest BCUT2D eigenvalue weighted by atomic mass is 9.92. The molecule has 1 aromatic heterocycles. The third kappa shape index (κ3) is 3.36. The van der Waals surface area contributed by atoms with Crippen molar-refractivity contribution in [1.29, 1.82) is 0 Å². The minimum absolute atomic E-state index is 0.0355. The summed E-state index contributed by atoms with van der Waals surface area (Å²) in [6.07, 6.45) is 1.42. The summed E-state index contributed by atoms with van der Waals surface area (Å²) in [5.41, 5.74) is -0.908. The molecule has 1 fully saturated rings. The fourth-order valence-electron chi connectivity index (χ4n) is 2.37. The van der Waals surface area contributed by atoms with Gasteiger partial charge in [-0.15, -0.1) is 16.3 Å². The standard InChI is InChI=1S/C16H13F2N3O3S/c1-16(10-4-6-11(7-5-10)24-14(17)18)13(22)21(15(23)20-16)19-9-12-3-2-8-25-12/h2-9,14H,1H3,(H,20,23). The van der Waals surface area contributed by atoms with Gasteiger partial charge in [0.25, 0.3) is 5.91 Å². The van der Waals surface area contributed by atoms with Crippen LogP contribution in [0.2, 0.25) is 0 Å². The molecule has 25 heavy (non-hydrogen) atoms. The lowest BCUT2D eigenvalue weighted by Crippen LogP contribution is -2.40. The Bertz CT molecular complexity index is 809. The number of amides is 3. The van der Waals surface area contributed by atoms with Crippen LogP contribution in [-0.2, 0) is 10.3 Å². The summed E-state index contributed by atoms with van der Waals surface area (Å²) in [4.78, 5) is 25.5. The number of rotatable bonds is 5. The largest absolute Gasteiger partial charge is 0.435 e. The monoisotopic (exact) mass is 365 g/mol. The second kappa shape index (κ2) is 6.60. The Balaban J connectivity index is 1.81. The van der Waals surface area contributed by atoms with Crippen LogP contribution in [0.1, 0.15) is 17.4 Å². The topological polar surface area (TPSA) is 71.0 Å². The number of thiophene rings is 1. The SMILES string of the molecule is CC1(c2ccc(OC(F)F)cc2)NC(=O)N(N=Cc2cccs2)C1=O. The fourth-order valence-corrected chi connectivity index (χ4v) is 2.95. The highest BCUT2D eigenvalue weighted by Crippen LogP contribution is 2.30.